The molecule has 0 bridgehead atoms. The number of amides is 2. The first-order chi connectivity index (χ1) is 14.1. The van der Waals surface area contributed by atoms with Crippen LogP contribution in [-0.2, 0) is 20.9 Å². The zero-order chi connectivity index (χ0) is 20.5. The van der Waals surface area contributed by atoms with Gasteiger partial charge in [-0.3, -0.25) is 25.1 Å². The van der Waals surface area contributed by atoms with Gasteiger partial charge >= 0.3 is 11.9 Å². The summed E-state index contributed by atoms with van der Waals surface area (Å²) >= 11 is 0. The molecule has 3 rings (SSSR count). The Morgan fingerprint density at radius 1 is 1.10 bits per heavy atom. The first-order valence-corrected chi connectivity index (χ1v) is 8.64. The topological polar surface area (TPSA) is 115 Å². The van der Waals surface area contributed by atoms with E-state index >= 15 is 0 Å². The molecule has 2 aromatic heterocycles. The molecule has 0 fully saturated rings. The van der Waals surface area contributed by atoms with Crippen LogP contribution in [0.5, 0.6) is 0 Å². The van der Waals surface area contributed by atoms with Gasteiger partial charge < -0.3 is 9.15 Å². The van der Waals surface area contributed by atoms with Crippen LogP contribution >= 0.6 is 0 Å². The number of ether oxygens (including phenoxy) is 1. The first kappa shape index (κ1) is 19.6. The fourth-order valence-electron chi connectivity index (χ4n) is 2.30. The summed E-state index contributed by atoms with van der Waals surface area (Å²) in [6.45, 7) is 0.0674. The van der Waals surface area contributed by atoms with Gasteiger partial charge in [0.15, 0.2) is 12.4 Å². The fourth-order valence-corrected chi connectivity index (χ4v) is 2.30. The highest BCUT2D eigenvalue weighted by molar-refractivity contribution is 5.93. The smallest absolute Gasteiger partial charge is 0.331 e. The molecule has 2 N–H and O–H groups in total. The molecule has 2 heterocycles. The van der Waals surface area contributed by atoms with Crippen LogP contribution in [-0.4, -0.2) is 34.2 Å². The maximum Gasteiger partial charge on any atom is 0.331 e. The van der Waals surface area contributed by atoms with Gasteiger partial charge in [0, 0.05) is 17.8 Å². The molecule has 0 atom stereocenters. The summed E-state index contributed by atoms with van der Waals surface area (Å²) in [5.41, 5.74) is 6.07. The van der Waals surface area contributed by atoms with Gasteiger partial charge in [0.2, 0.25) is 0 Å². The minimum absolute atomic E-state index is 0.0399. The second-order valence-corrected chi connectivity index (χ2v) is 5.88. The van der Waals surface area contributed by atoms with Gasteiger partial charge in [-0.2, -0.15) is 5.10 Å². The molecular formula is C20H18N4O5. The number of esters is 1. The van der Waals surface area contributed by atoms with Crippen molar-refractivity contribution in [3.63, 3.8) is 0 Å². The Bertz CT molecular complexity index is 993. The first-order valence-electron chi connectivity index (χ1n) is 8.64. The van der Waals surface area contributed by atoms with Crippen molar-refractivity contribution in [3.05, 3.63) is 84.1 Å². The minimum atomic E-state index is -0.701. The highest BCUT2D eigenvalue weighted by Crippen LogP contribution is 2.05. The number of hydrazine groups is 1. The number of aromatic nitrogens is 2. The SMILES string of the molecule is O=C(COC(=O)/C=C/c1cnn(Cc2ccccc2)c1)NNC(=O)c1ccco1. The minimum Gasteiger partial charge on any atom is -0.459 e. The van der Waals surface area contributed by atoms with Crippen molar-refractivity contribution >= 4 is 23.9 Å². The number of furan rings is 1. The highest BCUT2D eigenvalue weighted by atomic mass is 16.5. The van der Waals surface area contributed by atoms with Crippen molar-refractivity contribution in [1.82, 2.24) is 20.6 Å². The Balaban J connectivity index is 1.39. The van der Waals surface area contributed by atoms with E-state index in [4.69, 9.17) is 9.15 Å². The van der Waals surface area contributed by atoms with Crippen LogP contribution < -0.4 is 10.9 Å². The predicted octanol–water partition coefficient (Wildman–Crippen LogP) is 1.54. The number of rotatable bonds is 7. The largest absolute Gasteiger partial charge is 0.459 e. The molecule has 0 radical (unpaired) electrons. The van der Waals surface area contributed by atoms with E-state index in [1.165, 1.54) is 30.5 Å². The van der Waals surface area contributed by atoms with Crippen molar-refractivity contribution in [2.24, 2.45) is 0 Å². The van der Waals surface area contributed by atoms with Crippen LogP contribution in [0.2, 0.25) is 0 Å². The summed E-state index contributed by atoms with van der Waals surface area (Å²) in [7, 11) is 0. The molecule has 148 valence electrons. The molecule has 0 saturated heterocycles. The van der Waals surface area contributed by atoms with Crippen molar-refractivity contribution in [2.45, 2.75) is 6.54 Å². The van der Waals surface area contributed by atoms with Crippen molar-refractivity contribution in [1.29, 1.82) is 0 Å². The molecule has 0 aliphatic heterocycles. The number of carbonyl (C=O) groups is 3. The Kier molecular flexibility index (Phi) is 6.56. The molecule has 0 spiro atoms. The number of hydrogen-bond donors (Lipinski definition) is 2. The third-order valence-electron chi connectivity index (χ3n) is 3.66. The van der Waals surface area contributed by atoms with E-state index in [-0.39, 0.29) is 5.76 Å². The predicted molar refractivity (Wildman–Crippen MR) is 102 cm³/mol. The Morgan fingerprint density at radius 2 is 1.93 bits per heavy atom. The second-order valence-electron chi connectivity index (χ2n) is 5.88. The van der Waals surface area contributed by atoms with Gasteiger partial charge in [-0.1, -0.05) is 30.3 Å². The summed E-state index contributed by atoms with van der Waals surface area (Å²) in [5.74, 6) is -1.98. The number of nitrogens with one attached hydrogen (secondary N) is 2. The van der Waals surface area contributed by atoms with Crippen LogP contribution in [0, 0.1) is 0 Å². The van der Waals surface area contributed by atoms with Crippen LogP contribution in [0.4, 0.5) is 0 Å². The molecule has 3 aromatic rings. The molecule has 0 unspecified atom stereocenters. The molecular weight excluding hydrogens is 376 g/mol. The van der Waals surface area contributed by atoms with Crippen molar-refractivity contribution in [2.75, 3.05) is 6.61 Å². The molecule has 0 saturated carbocycles. The lowest BCUT2D eigenvalue weighted by atomic mass is 10.2. The van der Waals surface area contributed by atoms with E-state index in [1.807, 2.05) is 30.3 Å². The second kappa shape index (κ2) is 9.70. The summed E-state index contributed by atoms with van der Waals surface area (Å²) in [6, 6.07) is 12.8. The van der Waals surface area contributed by atoms with Gasteiger partial charge in [-0.05, 0) is 23.8 Å². The molecule has 0 aliphatic carbocycles. The number of carbonyl (C=O) groups excluding carboxylic acids is 3. The van der Waals surface area contributed by atoms with Gasteiger partial charge in [-0.15, -0.1) is 0 Å². The van der Waals surface area contributed by atoms with E-state index in [9.17, 15) is 14.4 Å². The lowest BCUT2D eigenvalue weighted by Gasteiger charge is -2.05. The lowest BCUT2D eigenvalue weighted by molar-refractivity contribution is -0.144. The quantitative estimate of drug-likeness (QED) is 0.357. The van der Waals surface area contributed by atoms with Crippen LogP contribution in [0.15, 0.2) is 71.6 Å². The lowest BCUT2D eigenvalue weighted by Crippen LogP contribution is -2.43. The van der Waals surface area contributed by atoms with Gasteiger partial charge in [0.25, 0.3) is 5.91 Å². The third kappa shape index (κ3) is 6.21. The average Bonchev–Trinajstić information content (AvgIpc) is 3.42. The Hall–Kier alpha value is -4.14. The Morgan fingerprint density at radius 3 is 2.69 bits per heavy atom. The summed E-state index contributed by atoms with van der Waals surface area (Å²) in [4.78, 5) is 34.9. The molecule has 0 aliphatic rings. The monoisotopic (exact) mass is 394 g/mol. The third-order valence-corrected chi connectivity index (χ3v) is 3.66. The zero-order valence-electron chi connectivity index (χ0n) is 15.3. The molecule has 29 heavy (non-hydrogen) atoms. The van der Waals surface area contributed by atoms with Gasteiger partial charge in [0.05, 0.1) is 19.0 Å². The van der Waals surface area contributed by atoms with Crippen molar-refractivity contribution < 1.29 is 23.5 Å². The van der Waals surface area contributed by atoms with Crippen LogP contribution in [0.1, 0.15) is 21.7 Å². The maximum atomic E-state index is 11.7. The van der Waals surface area contributed by atoms with E-state index in [2.05, 4.69) is 16.0 Å². The van der Waals surface area contributed by atoms with Crippen LogP contribution in [0.3, 0.4) is 0 Å². The maximum absolute atomic E-state index is 11.7. The Labute approximate surface area is 165 Å². The molecule has 1 aromatic carbocycles. The summed E-state index contributed by atoms with van der Waals surface area (Å²) in [5, 5.41) is 4.23. The average molecular weight is 394 g/mol. The fraction of sp³-hybridized carbons (Fsp3) is 0.100. The number of benzene rings is 1. The van der Waals surface area contributed by atoms with E-state index in [0.29, 0.717) is 12.1 Å². The van der Waals surface area contributed by atoms with E-state index < -0.39 is 24.4 Å². The molecule has 9 nitrogen and oxygen atoms in total. The van der Waals surface area contributed by atoms with Crippen LogP contribution in [0.25, 0.3) is 6.08 Å². The van der Waals surface area contributed by atoms with Gasteiger partial charge in [-0.25, -0.2) is 4.79 Å². The number of nitrogens with zero attached hydrogens (tertiary/aromatic N) is 2. The highest BCUT2D eigenvalue weighted by Gasteiger charge is 2.10. The standard InChI is InChI=1S/C20H18N4O5/c25-18(22-23-20(27)17-7-4-10-28-17)14-29-19(26)9-8-16-11-21-24(13-16)12-15-5-2-1-3-6-15/h1-11,13H,12,14H2,(H,22,25)(H,23,27)/b9-8+. The van der Waals surface area contributed by atoms with E-state index in [1.54, 1.807) is 17.1 Å². The summed E-state index contributed by atoms with van der Waals surface area (Å²) < 4.78 is 11.4. The van der Waals surface area contributed by atoms with Gasteiger partial charge in [0.1, 0.15) is 0 Å². The number of hydrogen-bond acceptors (Lipinski definition) is 6. The van der Waals surface area contributed by atoms with E-state index in [0.717, 1.165) is 5.56 Å². The molecule has 2 amide bonds. The normalized spacial score (nSPS) is 10.6. The zero-order valence-corrected chi connectivity index (χ0v) is 15.3. The molecule has 9 heteroatoms. The van der Waals surface area contributed by atoms with Crippen molar-refractivity contribution in [3.8, 4) is 0 Å². The summed E-state index contributed by atoms with van der Waals surface area (Å²) in [6.07, 6.45) is 7.46.